The predicted octanol–water partition coefficient (Wildman–Crippen LogP) is 4.52. The minimum atomic E-state index is -3.40. The molecule has 7 heteroatoms. The molecule has 0 amide bonds. The van der Waals surface area contributed by atoms with Crippen molar-refractivity contribution in [1.82, 2.24) is 5.01 Å². The number of hydrogen-bond acceptors (Lipinski definition) is 5. The Labute approximate surface area is 193 Å². The van der Waals surface area contributed by atoms with Gasteiger partial charge < -0.3 is 4.74 Å². The Balaban J connectivity index is 2.02. The minimum Gasteiger partial charge on any atom is -0.491 e. The van der Waals surface area contributed by atoms with Crippen LogP contribution in [0.5, 0.6) is 5.75 Å². The summed E-state index contributed by atoms with van der Waals surface area (Å²) in [5, 5.41) is 1.95. The average Bonchev–Trinajstić information content (AvgIpc) is 2.69. The van der Waals surface area contributed by atoms with Gasteiger partial charge in [0.15, 0.2) is 0 Å². The van der Waals surface area contributed by atoms with Gasteiger partial charge in [0.1, 0.15) is 5.75 Å². The highest BCUT2D eigenvalue weighted by Gasteiger charge is 2.32. The fourth-order valence-electron chi connectivity index (χ4n) is 4.82. The van der Waals surface area contributed by atoms with E-state index in [0.29, 0.717) is 11.6 Å². The third-order valence-electron chi connectivity index (χ3n) is 5.91. The molecule has 0 bridgehead atoms. The number of sulfonamides is 1. The average molecular weight is 460 g/mol. The second kappa shape index (κ2) is 10.2. The minimum absolute atomic E-state index is 0.0259. The quantitative estimate of drug-likeness (QED) is 0.588. The van der Waals surface area contributed by atoms with E-state index in [4.69, 9.17) is 10.6 Å². The summed E-state index contributed by atoms with van der Waals surface area (Å²) in [5.74, 6) is 7.57. The number of benzene rings is 2. The van der Waals surface area contributed by atoms with Crippen LogP contribution in [-0.4, -0.2) is 38.4 Å². The highest BCUT2D eigenvalue weighted by Crippen LogP contribution is 2.39. The summed E-state index contributed by atoms with van der Waals surface area (Å²) < 4.78 is 32.6. The molecule has 0 radical (unpaired) electrons. The van der Waals surface area contributed by atoms with Gasteiger partial charge in [0.05, 0.1) is 24.1 Å². The van der Waals surface area contributed by atoms with E-state index in [1.165, 1.54) is 16.1 Å². The second-order valence-corrected chi connectivity index (χ2v) is 11.2. The standard InChI is InChI=1S/C25H37N3O3S/c1-18(2)28(32(5,29)30)23-13-14-24(31-19(3)4)22(17-23)16-21-12-9-15-27(26)25(21)20-10-7-6-8-11-20/h6-8,10-11,13-14,17-19,21,25H,9,12,15-16,26H2,1-5H3/t21-,25+/m0/s1. The molecule has 2 aromatic carbocycles. The Bertz CT molecular complexity index is 993. The van der Waals surface area contributed by atoms with Gasteiger partial charge in [-0.2, -0.15) is 0 Å². The van der Waals surface area contributed by atoms with E-state index in [0.717, 1.165) is 37.1 Å². The number of nitrogens with two attached hydrogens (primary N) is 1. The molecule has 0 saturated carbocycles. The molecule has 1 aliphatic rings. The molecule has 0 spiro atoms. The summed E-state index contributed by atoms with van der Waals surface area (Å²) in [5.41, 5.74) is 2.90. The monoisotopic (exact) mass is 459 g/mol. The van der Waals surface area contributed by atoms with Crippen LogP contribution in [0, 0.1) is 5.92 Å². The van der Waals surface area contributed by atoms with E-state index >= 15 is 0 Å². The summed E-state index contributed by atoms with van der Waals surface area (Å²) in [6.45, 7) is 8.64. The lowest BCUT2D eigenvalue weighted by Gasteiger charge is -2.39. The van der Waals surface area contributed by atoms with Crippen LogP contribution in [0.3, 0.4) is 0 Å². The van der Waals surface area contributed by atoms with Crippen molar-refractivity contribution in [2.75, 3.05) is 17.1 Å². The van der Waals surface area contributed by atoms with Crippen molar-refractivity contribution in [1.29, 1.82) is 0 Å². The number of nitrogens with zero attached hydrogens (tertiary/aromatic N) is 2. The van der Waals surface area contributed by atoms with Crippen LogP contribution in [0.1, 0.15) is 57.7 Å². The first-order valence-corrected chi connectivity index (χ1v) is 13.3. The Morgan fingerprint density at radius 1 is 1.12 bits per heavy atom. The Kier molecular flexibility index (Phi) is 7.85. The molecule has 32 heavy (non-hydrogen) atoms. The molecule has 0 aliphatic carbocycles. The Morgan fingerprint density at radius 2 is 1.81 bits per heavy atom. The predicted molar refractivity (Wildman–Crippen MR) is 131 cm³/mol. The van der Waals surface area contributed by atoms with Crippen molar-refractivity contribution >= 4 is 15.7 Å². The largest absolute Gasteiger partial charge is 0.491 e. The molecule has 3 rings (SSSR count). The number of ether oxygens (including phenoxy) is 1. The third kappa shape index (κ3) is 5.82. The smallest absolute Gasteiger partial charge is 0.232 e. The first-order chi connectivity index (χ1) is 15.1. The molecule has 176 valence electrons. The van der Waals surface area contributed by atoms with Crippen LogP contribution in [-0.2, 0) is 16.4 Å². The fraction of sp³-hybridized carbons (Fsp3) is 0.520. The van der Waals surface area contributed by atoms with Gasteiger partial charge in [-0.3, -0.25) is 10.1 Å². The molecule has 2 atom stereocenters. The molecule has 6 nitrogen and oxygen atoms in total. The molecule has 0 aromatic heterocycles. The Hall–Kier alpha value is -2.09. The number of piperidine rings is 1. The molecule has 0 unspecified atom stereocenters. The van der Waals surface area contributed by atoms with Crippen LogP contribution in [0.4, 0.5) is 5.69 Å². The number of anilines is 1. The van der Waals surface area contributed by atoms with Gasteiger partial charge in [-0.1, -0.05) is 30.3 Å². The van der Waals surface area contributed by atoms with Crippen molar-refractivity contribution in [2.45, 2.75) is 65.1 Å². The topological polar surface area (TPSA) is 75.9 Å². The van der Waals surface area contributed by atoms with Gasteiger partial charge >= 0.3 is 0 Å². The zero-order valence-corrected chi connectivity index (χ0v) is 20.7. The maximum atomic E-state index is 12.5. The maximum absolute atomic E-state index is 12.5. The van der Waals surface area contributed by atoms with Crippen molar-refractivity contribution < 1.29 is 13.2 Å². The van der Waals surface area contributed by atoms with Crippen LogP contribution in [0.25, 0.3) is 0 Å². The van der Waals surface area contributed by atoms with E-state index in [1.54, 1.807) is 0 Å². The number of hydrazine groups is 1. The summed E-state index contributed by atoms with van der Waals surface area (Å²) in [7, 11) is -3.40. The summed E-state index contributed by atoms with van der Waals surface area (Å²) in [6, 6.07) is 16.0. The highest BCUT2D eigenvalue weighted by molar-refractivity contribution is 7.92. The summed E-state index contributed by atoms with van der Waals surface area (Å²) in [4.78, 5) is 0. The molecule has 1 aliphatic heterocycles. The van der Waals surface area contributed by atoms with Gasteiger partial charge in [0.25, 0.3) is 0 Å². The van der Waals surface area contributed by atoms with E-state index < -0.39 is 10.0 Å². The van der Waals surface area contributed by atoms with Crippen molar-refractivity contribution in [2.24, 2.45) is 11.8 Å². The van der Waals surface area contributed by atoms with Crippen LogP contribution < -0.4 is 14.9 Å². The van der Waals surface area contributed by atoms with E-state index in [2.05, 4.69) is 24.3 Å². The molecule has 1 fully saturated rings. The van der Waals surface area contributed by atoms with E-state index in [1.807, 2.05) is 57.0 Å². The van der Waals surface area contributed by atoms with E-state index in [9.17, 15) is 8.42 Å². The van der Waals surface area contributed by atoms with Gasteiger partial charge in [0, 0.05) is 12.6 Å². The van der Waals surface area contributed by atoms with Crippen LogP contribution in [0.15, 0.2) is 48.5 Å². The molecule has 2 aromatic rings. The summed E-state index contributed by atoms with van der Waals surface area (Å²) >= 11 is 0. The van der Waals surface area contributed by atoms with Gasteiger partial charge in [-0.25, -0.2) is 13.4 Å². The lowest BCUT2D eigenvalue weighted by Crippen LogP contribution is -2.44. The molecule has 2 N–H and O–H groups in total. The van der Waals surface area contributed by atoms with Crippen molar-refractivity contribution in [3.8, 4) is 5.75 Å². The van der Waals surface area contributed by atoms with Crippen LogP contribution in [0.2, 0.25) is 0 Å². The fourth-order valence-corrected chi connectivity index (χ4v) is 6.08. The lowest BCUT2D eigenvalue weighted by molar-refractivity contribution is 0.0919. The zero-order valence-electron chi connectivity index (χ0n) is 19.9. The molecule has 1 saturated heterocycles. The zero-order chi connectivity index (χ0) is 23.5. The first kappa shape index (κ1) is 24.6. The van der Waals surface area contributed by atoms with Gasteiger partial charge in [-0.05, 0) is 82.2 Å². The van der Waals surface area contributed by atoms with Crippen molar-refractivity contribution in [3.05, 3.63) is 59.7 Å². The number of hydrogen-bond donors (Lipinski definition) is 1. The van der Waals surface area contributed by atoms with Crippen molar-refractivity contribution in [3.63, 3.8) is 0 Å². The highest BCUT2D eigenvalue weighted by atomic mass is 32.2. The molecular formula is C25H37N3O3S. The van der Waals surface area contributed by atoms with E-state index in [-0.39, 0.29) is 18.2 Å². The first-order valence-electron chi connectivity index (χ1n) is 11.4. The van der Waals surface area contributed by atoms with Gasteiger partial charge in [0.2, 0.25) is 10.0 Å². The normalized spacial score (nSPS) is 20.0. The Morgan fingerprint density at radius 3 is 2.41 bits per heavy atom. The van der Waals surface area contributed by atoms with Crippen LogP contribution >= 0.6 is 0 Å². The molecule has 1 heterocycles. The number of rotatable bonds is 8. The lowest BCUT2D eigenvalue weighted by atomic mass is 9.81. The molecular weight excluding hydrogens is 422 g/mol. The third-order valence-corrected chi connectivity index (χ3v) is 7.25. The second-order valence-electron chi connectivity index (χ2n) is 9.31. The summed E-state index contributed by atoms with van der Waals surface area (Å²) in [6.07, 6.45) is 4.13. The maximum Gasteiger partial charge on any atom is 0.232 e. The SMILES string of the molecule is CC(C)Oc1ccc(N(C(C)C)S(C)(=O)=O)cc1C[C@@H]1CCCN(N)[C@@H]1c1ccccc1. The van der Waals surface area contributed by atoms with Gasteiger partial charge in [-0.15, -0.1) is 0 Å².